The minimum absolute atomic E-state index is 0.406. The van der Waals surface area contributed by atoms with Gasteiger partial charge in [-0.1, -0.05) is 54.6 Å². The minimum atomic E-state index is 0.406. The average molecular weight is 285 g/mol. The van der Waals surface area contributed by atoms with Crippen molar-refractivity contribution in [3.8, 4) is 0 Å². The van der Waals surface area contributed by atoms with E-state index in [0.717, 1.165) is 0 Å². The van der Waals surface area contributed by atoms with Crippen LogP contribution in [0.2, 0.25) is 0 Å². The van der Waals surface area contributed by atoms with Gasteiger partial charge >= 0.3 is 0 Å². The normalized spacial score (nSPS) is 17.2. The summed E-state index contributed by atoms with van der Waals surface area (Å²) in [6, 6.07) is 15.1. The Morgan fingerprint density at radius 2 is 1.76 bits per heavy atom. The Morgan fingerprint density at radius 1 is 1.00 bits per heavy atom. The molecule has 3 rings (SSSR count). The molecule has 0 saturated heterocycles. The molecule has 0 heterocycles. The first kappa shape index (κ1) is 10.8. The van der Waals surface area contributed by atoms with Crippen LogP contribution in [-0.2, 0) is 0 Å². The summed E-state index contributed by atoms with van der Waals surface area (Å²) in [5.74, 6) is 0.406. The molecule has 2 aromatic carbocycles. The van der Waals surface area contributed by atoms with Crippen LogP contribution in [0.3, 0.4) is 0 Å². The summed E-state index contributed by atoms with van der Waals surface area (Å²) in [6.45, 7) is 2.13. The second kappa shape index (κ2) is 4.15. The molecule has 0 aromatic heterocycles. The Morgan fingerprint density at radius 3 is 2.53 bits per heavy atom. The Kier molecular flexibility index (Phi) is 2.64. The average Bonchev–Trinajstić information content (AvgIpc) is 2.79. The van der Waals surface area contributed by atoms with Crippen molar-refractivity contribution in [3.63, 3.8) is 0 Å². The summed E-state index contributed by atoms with van der Waals surface area (Å²) < 4.78 is 1.23. The molecule has 1 heteroatoms. The van der Waals surface area contributed by atoms with Crippen LogP contribution < -0.4 is 0 Å². The molecule has 84 valence electrons. The highest BCUT2D eigenvalue weighted by atomic mass is 79.9. The van der Waals surface area contributed by atoms with E-state index in [1.807, 2.05) is 0 Å². The third-order valence-corrected chi connectivity index (χ3v) is 4.41. The number of fused-ring (bicyclic) bond motifs is 1. The lowest BCUT2D eigenvalue weighted by atomic mass is 9.92. The fourth-order valence-electron chi connectivity index (χ4n) is 2.40. The van der Waals surface area contributed by atoms with Crippen molar-refractivity contribution in [2.24, 2.45) is 0 Å². The van der Waals surface area contributed by atoms with Crippen LogP contribution in [-0.4, -0.2) is 0 Å². The quantitative estimate of drug-likeness (QED) is 0.698. The van der Waals surface area contributed by atoms with Crippen molar-refractivity contribution in [1.29, 1.82) is 0 Å². The Labute approximate surface area is 110 Å². The van der Waals surface area contributed by atoms with Crippen LogP contribution in [0.1, 0.15) is 28.2 Å². The summed E-state index contributed by atoms with van der Waals surface area (Å²) in [4.78, 5) is 0. The number of allylic oxidation sites excluding steroid dienone is 1. The standard InChI is InChI=1S/C16H13Br/c1-11-7-8-14-13(9-10-15(14)16(11)17)12-5-3-2-4-6-12/h2-10,13H,1H3. The van der Waals surface area contributed by atoms with Gasteiger partial charge in [-0.3, -0.25) is 0 Å². The summed E-state index contributed by atoms with van der Waals surface area (Å²) in [5.41, 5.74) is 5.38. The number of benzene rings is 2. The first-order valence-electron chi connectivity index (χ1n) is 5.79. The molecule has 1 aliphatic rings. The second-order valence-electron chi connectivity index (χ2n) is 4.45. The summed E-state index contributed by atoms with van der Waals surface area (Å²) in [6.07, 6.45) is 4.51. The smallest absolute Gasteiger partial charge is 0.0279 e. The van der Waals surface area contributed by atoms with Gasteiger partial charge in [-0.15, -0.1) is 0 Å². The van der Waals surface area contributed by atoms with E-state index in [2.05, 4.69) is 77.5 Å². The van der Waals surface area contributed by atoms with Crippen LogP contribution in [0.5, 0.6) is 0 Å². The molecular formula is C16H13Br. The fourth-order valence-corrected chi connectivity index (χ4v) is 2.90. The van der Waals surface area contributed by atoms with E-state index in [0.29, 0.717) is 5.92 Å². The Balaban J connectivity index is 2.12. The van der Waals surface area contributed by atoms with Crippen LogP contribution >= 0.6 is 15.9 Å². The number of hydrogen-bond acceptors (Lipinski definition) is 0. The molecule has 0 aliphatic heterocycles. The van der Waals surface area contributed by atoms with E-state index >= 15 is 0 Å². The number of hydrogen-bond donors (Lipinski definition) is 0. The van der Waals surface area contributed by atoms with E-state index in [1.54, 1.807) is 0 Å². The predicted octanol–water partition coefficient (Wildman–Crippen LogP) is 4.92. The van der Waals surface area contributed by atoms with Crippen molar-refractivity contribution >= 4 is 22.0 Å². The SMILES string of the molecule is Cc1ccc2c(c1Br)C=CC2c1ccccc1. The number of aryl methyl sites for hydroxylation is 1. The second-order valence-corrected chi connectivity index (χ2v) is 5.24. The maximum Gasteiger partial charge on any atom is 0.0279 e. The van der Waals surface area contributed by atoms with Gasteiger partial charge in [0.1, 0.15) is 0 Å². The Hall–Kier alpha value is -1.34. The van der Waals surface area contributed by atoms with Gasteiger partial charge in [-0.2, -0.15) is 0 Å². The maximum absolute atomic E-state index is 3.68. The number of rotatable bonds is 1. The van der Waals surface area contributed by atoms with Gasteiger partial charge in [-0.25, -0.2) is 0 Å². The van der Waals surface area contributed by atoms with Crippen LogP contribution in [0.15, 0.2) is 53.0 Å². The van der Waals surface area contributed by atoms with Gasteiger partial charge in [0.05, 0.1) is 0 Å². The van der Waals surface area contributed by atoms with E-state index in [4.69, 9.17) is 0 Å². The van der Waals surface area contributed by atoms with E-state index < -0.39 is 0 Å². The lowest BCUT2D eigenvalue weighted by molar-refractivity contribution is 1.05. The highest BCUT2D eigenvalue weighted by Gasteiger charge is 2.20. The molecule has 0 radical (unpaired) electrons. The maximum atomic E-state index is 3.68. The highest BCUT2D eigenvalue weighted by molar-refractivity contribution is 9.10. The lowest BCUT2D eigenvalue weighted by Gasteiger charge is -2.13. The van der Waals surface area contributed by atoms with Gasteiger partial charge < -0.3 is 0 Å². The van der Waals surface area contributed by atoms with E-state index in [9.17, 15) is 0 Å². The molecule has 2 aromatic rings. The topological polar surface area (TPSA) is 0 Å². The third kappa shape index (κ3) is 1.75. The van der Waals surface area contributed by atoms with E-state index in [1.165, 1.54) is 26.7 Å². The van der Waals surface area contributed by atoms with Gasteiger partial charge in [0.25, 0.3) is 0 Å². The molecule has 0 amide bonds. The molecule has 1 aliphatic carbocycles. The molecular weight excluding hydrogens is 272 g/mol. The summed E-state index contributed by atoms with van der Waals surface area (Å²) in [7, 11) is 0. The largest absolute Gasteiger partial charge is 0.0720 e. The lowest BCUT2D eigenvalue weighted by Crippen LogP contribution is -1.96. The monoisotopic (exact) mass is 284 g/mol. The molecule has 0 saturated carbocycles. The first-order chi connectivity index (χ1) is 8.27. The van der Waals surface area contributed by atoms with Crippen molar-refractivity contribution < 1.29 is 0 Å². The van der Waals surface area contributed by atoms with Crippen molar-refractivity contribution in [1.82, 2.24) is 0 Å². The molecule has 17 heavy (non-hydrogen) atoms. The number of halogens is 1. The minimum Gasteiger partial charge on any atom is -0.0720 e. The molecule has 0 fully saturated rings. The van der Waals surface area contributed by atoms with Gasteiger partial charge in [-0.05, 0) is 45.1 Å². The molecule has 1 unspecified atom stereocenters. The molecule has 0 spiro atoms. The van der Waals surface area contributed by atoms with Gasteiger partial charge in [0, 0.05) is 10.4 Å². The molecule has 1 atom stereocenters. The summed E-state index contributed by atoms with van der Waals surface area (Å²) in [5, 5.41) is 0. The van der Waals surface area contributed by atoms with Crippen molar-refractivity contribution in [2.75, 3.05) is 0 Å². The zero-order valence-electron chi connectivity index (χ0n) is 9.65. The zero-order valence-corrected chi connectivity index (χ0v) is 11.2. The van der Waals surface area contributed by atoms with Crippen molar-refractivity contribution in [2.45, 2.75) is 12.8 Å². The predicted molar refractivity (Wildman–Crippen MR) is 76.2 cm³/mol. The van der Waals surface area contributed by atoms with Crippen LogP contribution in [0.25, 0.3) is 6.08 Å². The van der Waals surface area contributed by atoms with Gasteiger partial charge in [0.15, 0.2) is 0 Å². The Bertz CT molecular complexity index is 582. The molecule has 0 N–H and O–H groups in total. The first-order valence-corrected chi connectivity index (χ1v) is 6.59. The van der Waals surface area contributed by atoms with E-state index in [-0.39, 0.29) is 0 Å². The molecule has 0 nitrogen and oxygen atoms in total. The van der Waals surface area contributed by atoms with Crippen LogP contribution in [0.4, 0.5) is 0 Å². The summed E-state index contributed by atoms with van der Waals surface area (Å²) >= 11 is 3.68. The van der Waals surface area contributed by atoms with Gasteiger partial charge in [0.2, 0.25) is 0 Å². The fraction of sp³-hybridized carbons (Fsp3) is 0.125. The van der Waals surface area contributed by atoms with Crippen molar-refractivity contribution in [3.05, 3.63) is 75.3 Å². The molecule has 0 bridgehead atoms. The highest BCUT2D eigenvalue weighted by Crippen LogP contribution is 2.39. The van der Waals surface area contributed by atoms with Crippen LogP contribution in [0, 0.1) is 6.92 Å². The third-order valence-electron chi connectivity index (χ3n) is 3.36. The zero-order chi connectivity index (χ0) is 11.8.